The summed E-state index contributed by atoms with van der Waals surface area (Å²) in [5.41, 5.74) is 5.67. The molecule has 0 saturated carbocycles. The molecule has 0 aromatic rings. The standard InChI is InChI=1S/C10H21NO3/c1-7(2)10(12)14-6-9(11)5-13-8(3)4/h7-9H,5-6,11H2,1-4H3. The fourth-order valence-electron chi connectivity index (χ4n) is 0.720. The molecule has 1 atom stereocenters. The first-order chi connectivity index (χ1) is 6.43. The van der Waals surface area contributed by atoms with Gasteiger partial charge in [0.05, 0.1) is 24.7 Å². The Hall–Kier alpha value is -0.610. The van der Waals surface area contributed by atoms with Gasteiger partial charge in [0.2, 0.25) is 0 Å². The topological polar surface area (TPSA) is 61.6 Å². The molecule has 0 spiro atoms. The predicted octanol–water partition coefficient (Wildman–Crippen LogP) is 0.938. The van der Waals surface area contributed by atoms with Gasteiger partial charge in [-0.05, 0) is 13.8 Å². The van der Waals surface area contributed by atoms with Gasteiger partial charge in [-0.1, -0.05) is 13.8 Å². The Bertz CT molecular complexity index is 169. The summed E-state index contributed by atoms with van der Waals surface area (Å²) in [4.78, 5) is 11.1. The van der Waals surface area contributed by atoms with Gasteiger partial charge in [-0.2, -0.15) is 0 Å². The van der Waals surface area contributed by atoms with E-state index in [-0.39, 0.29) is 30.6 Å². The second-order valence-corrected chi connectivity index (χ2v) is 3.93. The minimum Gasteiger partial charge on any atom is -0.464 e. The zero-order chi connectivity index (χ0) is 11.1. The molecule has 4 heteroatoms. The van der Waals surface area contributed by atoms with Gasteiger partial charge in [0.1, 0.15) is 6.61 Å². The largest absolute Gasteiger partial charge is 0.464 e. The first-order valence-electron chi connectivity index (χ1n) is 4.97. The highest BCUT2D eigenvalue weighted by Crippen LogP contribution is 1.97. The monoisotopic (exact) mass is 203 g/mol. The SMILES string of the molecule is CC(C)OCC(N)COC(=O)C(C)C. The van der Waals surface area contributed by atoms with E-state index in [0.29, 0.717) is 6.61 Å². The van der Waals surface area contributed by atoms with Crippen LogP contribution in [-0.4, -0.2) is 31.3 Å². The van der Waals surface area contributed by atoms with Crippen LogP contribution in [0.4, 0.5) is 0 Å². The fraction of sp³-hybridized carbons (Fsp3) is 0.900. The summed E-state index contributed by atoms with van der Waals surface area (Å²) >= 11 is 0. The molecular weight excluding hydrogens is 182 g/mol. The maximum Gasteiger partial charge on any atom is 0.308 e. The van der Waals surface area contributed by atoms with Gasteiger partial charge in [0, 0.05) is 0 Å². The highest BCUT2D eigenvalue weighted by atomic mass is 16.5. The van der Waals surface area contributed by atoms with Gasteiger partial charge in [-0.25, -0.2) is 0 Å². The second kappa shape index (κ2) is 6.79. The Balaban J connectivity index is 3.53. The molecule has 4 nitrogen and oxygen atoms in total. The van der Waals surface area contributed by atoms with Crippen molar-refractivity contribution in [1.82, 2.24) is 0 Å². The van der Waals surface area contributed by atoms with E-state index in [2.05, 4.69) is 0 Å². The minimum atomic E-state index is -0.236. The number of hydrogen-bond donors (Lipinski definition) is 1. The average Bonchev–Trinajstić information content (AvgIpc) is 2.10. The molecule has 0 aromatic carbocycles. The molecule has 1 unspecified atom stereocenters. The van der Waals surface area contributed by atoms with E-state index in [1.807, 2.05) is 13.8 Å². The molecule has 0 amide bonds. The minimum absolute atomic E-state index is 0.104. The van der Waals surface area contributed by atoms with E-state index in [9.17, 15) is 4.79 Å². The van der Waals surface area contributed by atoms with Crippen molar-refractivity contribution in [1.29, 1.82) is 0 Å². The van der Waals surface area contributed by atoms with Crippen LogP contribution in [-0.2, 0) is 14.3 Å². The molecule has 0 fully saturated rings. The van der Waals surface area contributed by atoms with Gasteiger partial charge in [0.15, 0.2) is 0 Å². The number of hydrogen-bond acceptors (Lipinski definition) is 4. The van der Waals surface area contributed by atoms with E-state index >= 15 is 0 Å². The second-order valence-electron chi connectivity index (χ2n) is 3.93. The molecule has 0 aliphatic carbocycles. The van der Waals surface area contributed by atoms with Crippen molar-refractivity contribution < 1.29 is 14.3 Å². The zero-order valence-corrected chi connectivity index (χ0v) is 9.45. The Kier molecular flexibility index (Phi) is 6.49. The molecule has 2 N–H and O–H groups in total. The van der Waals surface area contributed by atoms with E-state index in [0.717, 1.165) is 0 Å². The van der Waals surface area contributed by atoms with E-state index in [4.69, 9.17) is 15.2 Å². The third-order valence-electron chi connectivity index (χ3n) is 1.55. The van der Waals surface area contributed by atoms with Crippen LogP contribution in [0, 0.1) is 5.92 Å². The van der Waals surface area contributed by atoms with Crippen LogP contribution in [0.25, 0.3) is 0 Å². The Morgan fingerprint density at radius 2 is 1.79 bits per heavy atom. The number of carbonyl (C=O) groups is 1. The zero-order valence-electron chi connectivity index (χ0n) is 9.45. The van der Waals surface area contributed by atoms with Crippen molar-refractivity contribution >= 4 is 5.97 Å². The first-order valence-corrected chi connectivity index (χ1v) is 4.97. The molecule has 14 heavy (non-hydrogen) atoms. The van der Waals surface area contributed by atoms with Crippen molar-refractivity contribution in [3.63, 3.8) is 0 Å². The first kappa shape index (κ1) is 13.4. The van der Waals surface area contributed by atoms with Gasteiger partial charge >= 0.3 is 5.97 Å². The van der Waals surface area contributed by atoms with E-state index in [1.54, 1.807) is 13.8 Å². The fourth-order valence-corrected chi connectivity index (χ4v) is 0.720. The number of ether oxygens (including phenoxy) is 2. The normalized spacial score (nSPS) is 13.4. The van der Waals surface area contributed by atoms with Crippen LogP contribution in [0.5, 0.6) is 0 Å². The molecule has 0 radical (unpaired) electrons. The number of carbonyl (C=O) groups excluding carboxylic acids is 1. The van der Waals surface area contributed by atoms with Crippen LogP contribution in [0.15, 0.2) is 0 Å². The summed E-state index contributed by atoms with van der Waals surface area (Å²) < 4.78 is 10.2. The van der Waals surface area contributed by atoms with Crippen LogP contribution < -0.4 is 5.73 Å². The number of nitrogens with two attached hydrogens (primary N) is 1. The number of esters is 1. The third kappa shape index (κ3) is 6.86. The van der Waals surface area contributed by atoms with Crippen molar-refractivity contribution in [2.75, 3.05) is 13.2 Å². The Morgan fingerprint density at radius 1 is 1.21 bits per heavy atom. The lowest BCUT2D eigenvalue weighted by Gasteiger charge is -2.15. The van der Waals surface area contributed by atoms with Crippen LogP contribution in [0.1, 0.15) is 27.7 Å². The molecule has 84 valence electrons. The molecule has 0 aliphatic rings. The van der Waals surface area contributed by atoms with Gasteiger partial charge in [-0.15, -0.1) is 0 Å². The molecule has 0 bridgehead atoms. The van der Waals surface area contributed by atoms with Crippen LogP contribution >= 0.6 is 0 Å². The van der Waals surface area contributed by atoms with Crippen molar-refractivity contribution in [2.24, 2.45) is 11.7 Å². The molecule has 0 aliphatic heterocycles. The summed E-state index contributed by atoms with van der Waals surface area (Å²) in [6.45, 7) is 8.10. The quantitative estimate of drug-likeness (QED) is 0.652. The maximum atomic E-state index is 11.1. The highest BCUT2D eigenvalue weighted by Gasteiger charge is 2.11. The highest BCUT2D eigenvalue weighted by molar-refractivity contribution is 5.71. The summed E-state index contributed by atoms with van der Waals surface area (Å²) in [6, 6.07) is -0.236. The third-order valence-corrected chi connectivity index (χ3v) is 1.55. The van der Waals surface area contributed by atoms with Crippen molar-refractivity contribution in [2.45, 2.75) is 39.8 Å². The van der Waals surface area contributed by atoms with Gasteiger partial charge in [-0.3, -0.25) is 4.79 Å². The van der Waals surface area contributed by atoms with Crippen molar-refractivity contribution in [3.05, 3.63) is 0 Å². The summed E-state index contributed by atoms with van der Waals surface area (Å²) in [6.07, 6.45) is 0.154. The van der Waals surface area contributed by atoms with Gasteiger partial charge < -0.3 is 15.2 Å². The Labute approximate surface area is 85.8 Å². The maximum absolute atomic E-state index is 11.1. The number of rotatable bonds is 6. The van der Waals surface area contributed by atoms with Gasteiger partial charge in [0.25, 0.3) is 0 Å². The van der Waals surface area contributed by atoms with E-state index < -0.39 is 0 Å². The summed E-state index contributed by atoms with van der Waals surface area (Å²) in [5.74, 6) is -0.321. The van der Waals surface area contributed by atoms with Crippen LogP contribution in [0.2, 0.25) is 0 Å². The Morgan fingerprint density at radius 3 is 2.21 bits per heavy atom. The molecular formula is C10H21NO3. The molecule has 0 saturated heterocycles. The van der Waals surface area contributed by atoms with Crippen molar-refractivity contribution in [3.8, 4) is 0 Å². The lowest BCUT2D eigenvalue weighted by molar-refractivity contribution is -0.148. The van der Waals surface area contributed by atoms with E-state index in [1.165, 1.54) is 0 Å². The summed E-state index contributed by atoms with van der Waals surface area (Å²) in [7, 11) is 0. The molecule has 0 aromatic heterocycles. The molecule has 0 rings (SSSR count). The molecule has 0 heterocycles. The lowest BCUT2D eigenvalue weighted by Crippen LogP contribution is -2.34. The smallest absolute Gasteiger partial charge is 0.308 e. The average molecular weight is 203 g/mol. The lowest BCUT2D eigenvalue weighted by atomic mass is 10.2. The predicted molar refractivity (Wildman–Crippen MR) is 54.9 cm³/mol. The van der Waals surface area contributed by atoms with Crippen LogP contribution in [0.3, 0.4) is 0 Å². The summed E-state index contributed by atoms with van der Waals surface area (Å²) in [5, 5.41) is 0.